The van der Waals surface area contributed by atoms with Crippen molar-refractivity contribution in [2.45, 2.75) is 17.9 Å². The third kappa shape index (κ3) is 2.00. The normalized spacial score (nSPS) is 25.0. The summed E-state index contributed by atoms with van der Waals surface area (Å²) in [4.78, 5) is 10.2. The van der Waals surface area contributed by atoms with E-state index in [-0.39, 0.29) is 11.2 Å². The van der Waals surface area contributed by atoms with Gasteiger partial charge in [0.1, 0.15) is 0 Å². The van der Waals surface area contributed by atoms with Gasteiger partial charge in [-0.05, 0) is 17.5 Å². The minimum absolute atomic E-state index is 0.101. The Kier molecular flexibility index (Phi) is 2.61. The molecule has 0 unspecified atom stereocenters. The second kappa shape index (κ2) is 4.17. The molecule has 2 N–H and O–H groups in total. The fourth-order valence-corrected chi connectivity index (χ4v) is 2.59. The van der Waals surface area contributed by atoms with Gasteiger partial charge in [-0.25, -0.2) is 0 Å². The molecule has 1 aliphatic carbocycles. The quantitative estimate of drug-likeness (QED) is 0.676. The molecular weight excluding hydrogens is 240 g/mol. The third-order valence-corrected chi connectivity index (χ3v) is 3.82. The van der Waals surface area contributed by atoms with Crippen molar-refractivity contribution in [3.05, 3.63) is 75.8 Å². The summed E-state index contributed by atoms with van der Waals surface area (Å²) in [6, 6.07) is 16.7. The highest BCUT2D eigenvalue weighted by Crippen LogP contribution is 2.56. The van der Waals surface area contributed by atoms with Crippen molar-refractivity contribution < 1.29 is 4.92 Å². The summed E-state index contributed by atoms with van der Waals surface area (Å²) in [5.41, 5.74) is 8.31. The predicted octanol–water partition coefficient (Wildman–Crippen LogP) is 2.94. The maximum absolute atomic E-state index is 10.6. The zero-order valence-corrected chi connectivity index (χ0v) is 10.3. The van der Waals surface area contributed by atoms with Crippen LogP contribution in [0.25, 0.3) is 0 Å². The zero-order valence-electron chi connectivity index (χ0n) is 10.3. The van der Waals surface area contributed by atoms with E-state index >= 15 is 0 Å². The largest absolute Gasteiger partial charge is 0.321 e. The Morgan fingerprint density at radius 3 is 2.32 bits per heavy atom. The van der Waals surface area contributed by atoms with Gasteiger partial charge in [-0.2, -0.15) is 0 Å². The van der Waals surface area contributed by atoms with Gasteiger partial charge in [0.15, 0.2) is 0 Å². The van der Waals surface area contributed by atoms with E-state index < -0.39 is 4.92 Å². The van der Waals surface area contributed by atoms with Crippen LogP contribution in [-0.2, 0) is 5.54 Å². The van der Waals surface area contributed by atoms with Crippen LogP contribution in [0, 0.1) is 10.1 Å². The molecule has 0 amide bonds. The number of non-ortho nitro benzene ring substituents is 1. The Bertz CT molecular complexity index is 610. The standard InChI is InChI=1S/C15H14N2O2/c16-15(10-14(15)11-4-2-1-3-5-11)12-6-8-13(9-7-12)17(18)19/h1-9,14H,10,16H2/t14-,15-/m0/s1. The maximum atomic E-state index is 10.6. The number of nitrogens with two attached hydrogens (primary N) is 1. The second-order valence-corrected chi connectivity index (χ2v) is 5.01. The molecule has 0 radical (unpaired) electrons. The molecule has 3 rings (SSSR count). The Morgan fingerprint density at radius 1 is 1.11 bits per heavy atom. The van der Waals surface area contributed by atoms with Gasteiger partial charge in [0, 0.05) is 23.6 Å². The number of nitro benzene ring substituents is 1. The zero-order chi connectivity index (χ0) is 13.5. The van der Waals surface area contributed by atoms with E-state index in [1.807, 2.05) is 18.2 Å². The summed E-state index contributed by atoms with van der Waals surface area (Å²) < 4.78 is 0. The third-order valence-electron chi connectivity index (χ3n) is 3.82. The smallest absolute Gasteiger partial charge is 0.269 e. The Balaban J connectivity index is 1.86. The van der Waals surface area contributed by atoms with E-state index in [4.69, 9.17) is 5.73 Å². The van der Waals surface area contributed by atoms with E-state index in [0.29, 0.717) is 5.92 Å². The van der Waals surface area contributed by atoms with E-state index in [9.17, 15) is 10.1 Å². The minimum Gasteiger partial charge on any atom is -0.321 e. The summed E-state index contributed by atoms with van der Waals surface area (Å²) in [6.45, 7) is 0. The van der Waals surface area contributed by atoms with Crippen LogP contribution >= 0.6 is 0 Å². The number of rotatable bonds is 3. The molecule has 96 valence electrons. The van der Waals surface area contributed by atoms with Gasteiger partial charge < -0.3 is 5.73 Å². The van der Waals surface area contributed by atoms with Gasteiger partial charge in [0.25, 0.3) is 5.69 Å². The lowest BCUT2D eigenvalue weighted by Gasteiger charge is -2.12. The number of nitro groups is 1. The molecule has 1 saturated carbocycles. The average molecular weight is 254 g/mol. The summed E-state index contributed by atoms with van der Waals surface area (Å²) in [5, 5.41) is 10.6. The van der Waals surface area contributed by atoms with Crippen molar-refractivity contribution in [1.29, 1.82) is 0 Å². The lowest BCUT2D eigenvalue weighted by atomic mass is 9.99. The Hall–Kier alpha value is -2.20. The summed E-state index contributed by atoms with van der Waals surface area (Å²) in [6.07, 6.45) is 0.884. The molecule has 0 aliphatic heterocycles. The molecule has 1 aliphatic rings. The van der Waals surface area contributed by atoms with Crippen LogP contribution in [0.2, 0.25) is 0 Å². The van der Waals surface area contributed by atoms with E-state index in [2.05, 4.69) is 12.1 Å². The average Bonchev–Trinajstić information content (AvgIpc) is 3.14. The van der Waals surface area contributed by atoms with Crippen LogP contribution in [0.5, 0.6) is 0 Å². The monoisotopic (exact) mass is 254 g/mol. The van der Waals surface area contributed by atoms with Crippen LogP contribution in [0.1, 0.15) is 23.5 Å². The van der Waals surface area contributed by atoms with Crippen molar-refractivity contribution in [2.24, 2.45) is 5.73 Å². The van der Waals surface area contributed by atoms with Gasteiger partial charge in [0.2, 0.25) is 0 Å². The van der Waals surface area contributed by atoms with Crippen LogP contribution in [0.3, 0.4) is 0 Å². The molecule has 0 saturated heterocycles. The molecule has 4 heteroatoms. The summed E-state index contributed by atoms with van der Waals surface area (Å²) in [7, 11) is 0. The van der Waals surface area contributed by atoms with Gasteiger partial charge in [-0.1, -0.05) is 42.5 Å². The number of hydrogen-bond donors (Lipinski definition) is 1. The number of hydrogen-bond acceptors (Lipinski definition) is 3. The highest BCUT2D eigenvalue weighted by atomic mass is 16.6. The molecule has 2 aromatic carbocycles. The van der Waals surface area contributed by atoms with Gasteiger partial charge in [0.05, 0.1) is 4.92 Å². The fourth-order valence-electron chi connectivity index (χ4n) is 2.59. The molecule has 0 heterocycles. The fraction of sp³-hybridized carbons (Fsp3) is 0.200. The first-order chi connectivity index (χ1) is 9.11. The van der Waals surface area contributed by atoms with Gasteiger partial charge in [-0.15, -0.1) is 0 Å². The van der Waals surface area contributed by atoms with E-state index in [1.165, 1.54) is 17.7 Å². The van der Waals surface area contributed by atoms with Crippen molar-refractivity contribution in [3.63, 3.8) is 0 Å². The highest BCUT2D eigenvalue weighted by Gasteiger charge is 2.52. The van der Waals surface area contributed by atoms with Crippen LogP contribution in [0.4, 0.5) is 5.69 Å². The molecule has 2 aromatic rings. The molecular formula is C15H14N2O2. The van der Waals surface area contributed by atoms with E-state index in [0.717, 1.165) is 12.0 Å². The molecule has 4 nitrogen and oxygen atoms in total. The van der Waals surface area contributed by atoms with Crippen LogP contribution in [0.15, 0.2) is 54.6 Å². The Labute approximate surface area is 111 Å². The summed E-state index contributed by atoms with van der Waals surface area (Å²) >= 11 is 0. The lowest BCUT2D eigenvalue weighted by Crippen LogP contribution is -2.21. The SMILES string of the molecule is N[C@]1(c2ccc([N+](=O)[O-])cc2)C[C@H]1c1ccccc1. The molecule has 0 spiro atoms. The highest BCUT2D eigenvalue weighted by molar-refractivity contribution is 5.44. The van der Waals surface area contributed by atoms with Crippen LogP contribution < -0.4 is 5.73 Å². The molecule has 0 aromatic heterocycles. The van der Waals surface area contributed by atoms with Gasteiger partial charge in [-0.3, -0.25) is 10.1 Å². The van der Waals surface area contributed by atoms with Crippen LogP contribution in [-0.4, -0.2) is 4.92 Å². The Morgan fingerprint density at radius 2 is 1.74 bits per heavy atom. The topological polar surface area (TPSA) is 69.2 Å². The maximum Gasteiger partial charge on any atom is 0.269 e. The van der Waals surface area contributed by atoms with E-state index in [1.54, 1.807) is 12.1 Å². The predicted molar refractivity (Wildman–Crippen MR) is 72.8 cm³/mol. The van der Waals surface area contributed by atoms with Crippen molar-refractivity contribution in [3.8, 4) is 0 Å². The number of benzene rings is 2. The van der Waals surface area contributed by atoms with Gasteiger partial charge >= 0.3 is 0 Å². The summed E-state index contributed by atoms with van der Waals surface area (Å²) in [5.74, 6) is 0.301. The molecule has 1 fully saturated rings. The minimum atomic E-state index is -0.394. The lowest BCUT2D eigenvalue weighted by molar-refractivity contribution is -0.384. The number of nitrogens with zero attached hydrogens (tertiary/aromatic N) is 1. The van der Waals surface area contributed by atoms with Crippen molar-refractivity contribution >= 4 is 5.69 Å². The first-order valence-electron chi connectivity index (χ1n) is 6.20. The van der Waals surface area contributed by atoms with Crippen molar-refractivity contribution in [1.82, 2.24) is 0 Å². The molecule has 19 heavy (non-hydrogen) atoms. The van der Waals surface area contributed by atoms with Crippen molar-refractivity contribution in [2.75, 3.05) is 0 Å². The first-order valence-corrected chi connectivity index (χ1v) is 6.20. The first kappa shape index (κ1) is 11.9. The second-order valence-electron chi connectivity index (χ2n) is 5.01. The molecule has 0 bridgehead atoms. The molecule has 2 atom stereocenters.